The molecule has 0 unspecified atom stereocenters. The van der Waals surface area contributed by atoms with E-state index >= 15 is 0 Å². The third-order valence-electron chi connectivity index (χ3n) is 2.72. The number of benzene rings is 1. The molecule has 0 saturated heterocycles. The highest BCUT2D eigenvalue weighted by molar-refractivity contribution is 5.97. The van der Waals surface area contributed by atoms with Gasteiger partial charge in [0.25, 0.3) is 0 Å². The summed E-state index contributed by atoms with van der Waals surface area (Å²) in [7, 11) is 2.07. The summed E-state index contributed by atoms with van der Waals surface area (Å²) in [5.41, 5.74) is 8.84. The Hall–Kier alpha value is -1.77. The van der Waals surface area contributed by atoms with Gasteiger partial charge in [-0.05, 0) is 12.5 Å². The molecule has 16 heavy (non-hydrogen) atoms. The van der Waals surface area contributed by atoms with Crippen LogP contribution in [-0.2, 0) is 0 Å². The number of nitrogens with two attached hydrogens (primary N) is 1. The highest BCUT2D eigenvalue weighted by Crippen LogP contribution is 2.30. The minimum absolute atomic E-state index is 0.745. The summed E-state index contributed by atoms with van der Waals surface area (Å²) < 4.78 is 0. The van der Waals surface area contributed by atoms with E-state index in [-0.39, 0.29) is 0 Å². The molecule has 1 aromatic carbocycles. The van der Waals surface area contributed by atoms with Crippen LogP contribution in [0.1, 0.15) is 13.3 Å². The van der Waals surface area contributed by atoms with Gasteiger partial charge in [0.2, 0.25) is 0 Å². The Morgan fingerprint density at radius 1 is 1.31 bits per heavy atom. The van der Waals surface area contributed by atoms with Crippen LogP contribution in [0, 0.1) is 0 Å². The SMILES string of the molecule is CCCN(C)c1c(N)cnc2ccccc12. The second-order valence-electron chi connectivity index (χ2n) is 4.00. The molecule has 0 amide bonds. The molecule has 2 N–H and O–H groups in total. The van der Waals surface area contributed by atoms with Gasteiger partial charge in [0.05, 0.1) is 23.1 Å². The standard InChI is InChI=1S/C13H17N3/c1-3-8-16(2)13-10-6-4-5-7-12(10)15-9-11(13)14/h4-7,9H,3,8,14H2,1-2H3. The first-order valence-electron chi connectivity index (χ1n) is 5.58. The minimum Gasteiger partial charge on any atom is -0.396 e. The molecule has 2 rings (SSSR count). The lowest BCUT2D eigenvalue weighted by Crippen LogP contribution is -2.19. The van der Waals surface area contributed by atoms with Gasteiger partial charge in [0, 0.05) is 19.0 Å². The predicted octanol–water partition coefficient (Wildman–Crippen LogP) is 2.66. The molecular weight excluding hydrogens is 198 g/mol. The lowest BCUT2D eigenvalue weighted by atomic mass is 10.1. The first-order valence-corrected chi connectivity index (χ1v) is 5.58. The maximum atomic E-state index is 6.01. The van der Waals surface area contributed by atoms with Crippen molar-refractivity contribution in [2.24, 2.45) is 0 Å². The molecule has 0 aliphatic rings. The number of fused-ring (bicyclic) bond motifs is 1. The average molecular weight is 215 g/mol. The van der Waals surface area contributed by atoms with Crippen LogP contribution in [0.5, 0.6) is 0 Å². The molecule has 0 spiro atoms. The van der Waals surface area contributed by atoms with Gasteiger partial charge in [-0.15, -0.1) is 0 Å². The Kier molecular flexibility index (Phi) is 2.95. The zero-order valence-electron chi connectivity index (χ0n) is 9.77. The van der Waals surface area contributed by atoms with Crippen LogP contribution in [0.4, 0.5) is 11.4 Å². The minimum atomic E-state index is 0.745. The van der Waals surface area contributed by atoms with E-state index in [9.17, 15) is 0 Å². The molecule has 0 atom stereocenters. The number of para-hydroxylation sites is 1. The summed E-state index contributed by atoms with van der Waals surface area (Å²) in [4.78, 5) is 6.53. The maximum absolute atomic E-state index is 6.01. The van der Waals surface area contributed by atoms with Gasteiger partial charge >= 0.3 is 0 Å². The van der Waals surface area contributed by atoms with Crippen LogP contribution >= 0.6 is 0 Å². The average Bonchev–Trinajstić information content (AvgIpc) is 2.29. The van der Waals surface area contributed by atoms with Crippen molar-refractivity contribution in [3.05, 3.63) is 30.5 Å². The summed E-state index contributed by atoms with van der Waals surface area (Å²) in [6, 6.07) is 8.10. The molecule has 1 heterocycles. The molecular formula is C13H17N3. The summed E-state index contributed by atoms with van der Waals surface area (Å²) in [6.45, 7) is 3.16. The molecule has 0 bridgehead atoms. The zero-order valence-corrected chi connectivity index (χ0v) is 9.77. The quantitative estimate of drug-likeness (QED) is 0.855. The lowest BCUT2D eigenvalue weighted by molar-refractivity contribution is 0.856. The fourth-order valence-electron chi connectivity index (χ4n) is 2.02. The summed E-state index contributed by atoms with van der Waals surface area (Å²) in [5.74, 6) is 0. The third-order valence-corrected chi connectivity index (χ3v) is 2.72. The Bertz CT molecular complexity index is 494. The molecule has 2 aromatic rings. The zero-order chi connectivity index (χ0) is 11.5. The van der Waals surface area contributed by atoms with Crippen molar-refractivity contribution in [2.45, 2.75) is 13.3 Å². The number of nitrogen functional groups attached to an aromatic ring is 1. The first-order chi connectivity index (χ1) is 7.74. The largest absolute Gasteiger partial charge is 0.396 e. The van der Waals surface area contributed by atoms with Crippen molar-refractivity contribution < 1.29 is 0 Å². The highest BCUT2D eigenvalue weighted by Gasteiger charge is 2.09. The van der Waals surface area contributed by atoms with E-state index in [2.05, 4.69) is 29.9 Å². The predicted molar refractivity (Wildman–Crippen MR) is 69.7 cm³/mol. The molecule has 84 valence electrons. The Labute approximate surface area is 95.9 Å². The van der Waals surface area contributed by atoms with Gasteiger partial charge in [0.15, 0.2) is 0 Å². The molecule has 0 aliphatic heterocycles. The van der Waals surface area contributed by atoms with E-state index in [4.69, 9.17) is 5.73 Å². The number of nitrogens with zero attached hydrogens (tertiary/aromatic N) is 2. The van der Waals surface area contributed by atoms with Crippen molar-refractivity contribution >= 4 is 22.3 Å². The number of hydrogen-bond acceptors (Lipinski definition) is 3. The maximum Gasteiger partial charge on any atom is 0.0745 e. The van der Waals surface area contributed by atoms with Crippen LogP contribution in [0.25, 0.3) is 10.9 Å². The van der Waals surface area contributed by atoms with Crippen molar-refractivity contribution in [2.75, 3.05) is 24.2 Å². The van der Waals surface area contributed by atoms with Gasteiger partial charge in [-0.25, -0.2) is 0 Å². The van der Waals surface area contributed by atoms with Crippen LogP contribution in [0.15, 0.2) is 30.5 Å². The monoisotopic (exact) mass is 215 g/mol. The normalized spacial score (nSPS) is 10.6. The molecule has 3 heteroatoms. The van der Waals surface area contributed by atoms with Gasteiger partial charge in [-0.3, -0.25) is 4.98 Å². The van der Waals surface area contributed by atoms with Crippen LogP contribution in [0.2, 0.25) is 0 Å². The molecule has 0 radical (unpaired) electrons. The Morgan fingerprint density at radius 3 is 2.81 bits per heavy atom. The van der Waals surface area contributed by atoms with Crippen LogP contribution < -0.4 is 10.6 Å². The van der Waals surface area contributed by atoms with Crippen LogP contribution in [0.3, 0.4) is 0 Å². The fourth-order valence-corrected chi connectivity index (χ4v) is 2.02. The molecule has 0 saturated carbocycles. The molecule has 3 nitrogen and oxygen atoms in total. The van der Waals surface area contributed by atoms with Gasteiger partial charge in [-0.1, -0.05) is 25.1 Å². The van der Waals surface area contributed by atoms with Crippen molar-refractivity contribution in [1.29, 1.82) is 0 Å². The van der Waals surface area contributed by atoms with Crippen molar-refractivity contribution in [3.63, 3.8) is 0 Å². The second-order valence-corrected chi connectivity index (χ2v) is 4.00. The number of anilines is 2. The van der Waals surface area contributed by atoms with Gasteiger partial charge in [-0.2, -0.15) is 0 Å². The van der Waals surface area contributed by atoms with E-state index in [0.717, 1.165) is 35.2 Å². The van der Waals surface area contributed by atoms with E-state index in [0.29, 0.717) is 0 Å². The molecule has 0 fully saturated rings. The van der Waals surface area contributed by atoms with E-state index < -0.39 is 0 Å². The first kappa shape index (κ1) is 10.7. The van der Waals surface area contributed by atoms with E-state index in [1.54, 1.807) is 6.20 Å². The fraction of sp³-hybridized carbons (Fsp3) is 0.308. The Morgan fingerprint density at radius 2 is 2.06 bits per heavy atom. The van der Waals surface area contributed by atoms with Crippen molar-refractivity contribution in [1.82, 2.24) is 4.98 Å². The number of hydrogen-bond donors (Lipinski definition) is 1. The summed E-state index contributed by atoms with van der Waals surface area (Å²) >= 11 is 0. The lowest BCUT2D eigenvalue weighted by Gasteiger charge is -2.21. The van der Waals surface area contributed by atoms with Crippen molar-refractivity contribution in [3.8, 4) is 0 Å². The van der Waals surface area contributed by atoms with Crippen LogP contribution in [-0.4, -0.2) is 18.6 Å². The van der Waals surface area contributed by atoms with E-state index in [1.165, 1.54) is 0 Å². The number of pyridine rings is 1. The Balaban J connectivity index is 2.61. The van der Waals surface area contributed by atoms with E-state index in [1.807, 2.05) is 18.2 Å². The smallest absolute Gasteiger partial charge is 0.0745 e. The number of rotatable bonds is 3. The van der Waals surface area contributed by atoms with Gasteiger partial charge < -0.3 is 10.6 Å². The molecule has 1 aromatic heterocycles. The molecule has 0 aliphatic carbocycles. The number of aromatic nitrogens is 1. The van der Waals surface area contributed by atoms with Gasteiger partial charge in [0.1, 0.15) is 0 Å². The third kappa shape index (κ3) is 1.81. The highest BCUT2D eigenvalue weighted by atomic mass is 15.1. The second kappa shape index (κ2) is 4.39. The topological polar surface area (TPSA) is 42.1 Å². The summed E-state index contributed by atoms with van der Waals surface area (Å²) in [5, 5.41) is 1.12. The summed E-state index contributed by atoms with van der Waals surface area (Å²) in [6.07, 6.45) is 2.84.